The molecule has 1 unspecified atom stereocenters. The fourth-order valence-corrected chi connectivity index (χ4v) is 2.04. The minimum absolute atomic E-state index is 0.265. The molecular weight excluding hydrogens is 220 g/mol. The molecule has 7 heteroatoms. The summed E-state index contributed by atoms with van der Waals surface area (Å²) in [6, 6.07) is 1.76. The first kappa shape index (κ1) is 10.3. The predicted molar refractivity (Wildman–Crippen MR) is 63.1 cm³/mol. The molecule has 2 aromatic heterocycles. The highest BCUT2D eigenvalue weighted by atomic mass is 16.1. The van der Waals surface area contributed by atoms with Crippen LogP contribution in [0.25, 0.3) is 5.65 Å². The maximum Gasteiger partial charge on any atom is 0.348 e. The number of anilines is 1. The van der Waals surface area contributed by atoms with E-state index >= 15 is 0 Å². The van der Waals surface area contributed by atoms with Crippen LogP contribution in [0, 0.1) is 5.92 Å². The monoisotopic (exact) mass is 234 g/mol. The van der Waals surface area contributed by atoms with Gasteiger partial charge < -0.3 is 10.6 Å². The summed E-state index contributed by atoms with van der Waals surface area (Å²) < 4.78 is 1.38. The van der Waals surface area contributed by atoms with Crippen LogP contribution in [0.1, 0.15) is 6.42 Å². The lowest BCUT2D eigenvalue weighted by atomic mass is 10.1. The molecule has 0 aliphatic carbocycles. The molecule has 1 saturated heterocycles. The summed E-state index contributed by atoms with van der Waals surface area (Å²) >= 11 is 0. The van der Waals surface area contributed by atoms with Gasteiger partial charge in [0.15, 0.2) is 5.65 Å². The van der Waals surface area contributed by atoms with Crippen LogP contribution >= 0.6 is 0 Å². The van der Waals surface area contributed by atoms with Crippen molar-refractivity contribution in [2.24, 2.45) is 5.92 Å². The number of hydrogen-bond acceptors (Lipinski definition) is 5. The molecule has 3 heterocycles. The second-order valence-corrected chi connectivity index (χ2v) is 4.27. The minimum Gasteiger partial charge on any atom is -0.370 e. The Morgan fingerprint density at radius 1 is 1.59 bits per heavy atom. The highest BCUT2D eigenvalue weighted by molar-refractivity contribution is 5.48. The molecule has 3 rings (SSSR count). The van der Waals surface area contributed by atoms with Gasteiger partial charge in [-0.25, -0.2) is 19.3 Å². The maximum absolute atomic E-state index is 11.2. The standard InChI is InChI=1S/C10H14N6O/c17-10-15-14-9-3-8(13-6-16(9)10)12-5-7-1-2-11-4-7/h3,6-7,11-12H,1-2,4-5H2,(H,15,17). The first-order valence-corrected chi connectivity index (χ1v) is 5.70. The van der Waals surface area contributed by atoms with Gasteiger partial charge in [-0.05, 0) is 25.4 Å². The van der Waals surface area contributed by atoms with Crippen molar-refractivity contribution >= 4 is 11.5 Å². The van der Waals surface area contributed by atoms with E-state index < -0.39 is 0 Å². The fraction of sp³-hybridized carbons (Fsp3) is 0.500. The van der Waals surface area contributed by atoms with Crippen molar-refractivity contribution in [3.8, 4) is 0 Å². The Bertz CT molecular complexity index is 567. The number of hydrogen-bond donors (Lipinski definition) is 3. The van der Waals surface area contributed by atoms with E-state index in [-0.39, 0.29) is 5.69 Å². The van der Waals surface area contributed by atoms with E-state index in [2.05, 4.69) is 25.8 Å². The molecule has 0 saturated carbocycles. The van der Waals surface area contributed by atoms with E-state index in [9.17, 15) is 4.79 Å². The lowest BCUT2D eigenvalue weighted by Crippen LogP contribution is -2.18. The molecule has 0 radical (unpaired) electrons. The van der Waals surface area contributed by atoms with Crippen LogP contribution in [0.3, 0.4) is 0 Å². The van der Waals surface area contributed by atoms with Gasteiger partial charge >= 0.3 is 5.69 Å². The summed E-state index contributed by atoms with van der Waals surface area (Å²) in [6.07, 6.45) is 2.67. The second kappa shape index (κ2) is 4.17. The largest absolute Gasteiger partial charge is 0.370 e. The van der Waals surface area contributed by atoms with Crippen molar-refractivity contribution in [1.82, 2.24) is 24.9 Å². The third kappa shape index (κ3) is 2.01. The Hall–Kier alpha value is -1.89. The van der Waals surface area contributed by atoms with E-state index in [1.807, 2.05) is 0 Å². The van der Waals surface area contributed by atoms with Gasteiger partial charge in [-0.3, -0.25) is 0 Å². The summed E-state index contributed by atoms with van der Waals surface area (Å²) in [5, 5.41) is 12.9. The van der Waals surface area contributed by atoms with Crippen molar-refractivity contribution in [3.05, 3.63) is 22.9 Å². The molecule has 1 atom stereocenters. The van der Waals surface area contributed by atoms with Gasteiger partial charge in [0.05, 0.1) is 0 Å². The second-order valence-electron chi connectivity index (χ2n) is 4.27. The van der Waals surface area contributed by atoms with Crippen molar-refractivity contribution in [1.29, 1.82) is 0 Å². The molecule has 17 heavy (non-hydrogen) atoms. The Kier molecular flexibility index (Phi) is 2.52. The molecule has 1 aliphatic heterocycles. The number of aromatic amines is 1. The zero-order chi connectivity index (χ0) is 11.7. The van der Waals surface area contributed by atoms with Crippen LogP contribution in [-0.4, -0.2) is 39.2 Å². The van der Waals surface area contributed by atoms with Crippen LogP contribution in [0.2, 0.25) is 0 Å². The van der Waals surface area contributed by atoms with Gasteiger partial charge in [0.25, 0.3) is 0 Å². The van der Waals surface area contributed by atoms with Crippen LogP contribution in [-0.2, 0) is 0 Å². The molecule has 1 fully saturated rings. The summed E-state index contributed by atoms with van der Waals surface area (Å²) in [5.41, 5.74) is 0.316. The normalized spacial score (nSPS) is 19.9. The van der Waals surface area contributed by atoms with E-state index in [4.69, 9.17) is 0 Å². The van der Waals surface area contributed by atoms with Crippen molar-refractivity contribution in [2.75, 3.05) is 25.0 Å². The van der Waals surface area contributed by atoms with Crippen LogP contribution in [0.4, 0.5) is 5.82 Å². The lowest BCUT2D eigenvalue weighted by molar-refractivity contribution is 0.614. The van der Waals surface area contributed by atoms with E-state index in [0.29, 0.717) is 11.6 Å². The SMILES string of the molecule is O=c1[nH]nc2cc(NCC3CCNC3)ncn12. The van der Waals surface area contributed by atoms with Crippen molar-refractivity contribution < 1.29 is 0 Å². The fourth-order valence-electron chi connectivity index (χ4n) is 2.04. The smallest absolute Gasteiger partial charge is 0.348 e. The van der Waals surface area contributed by atoms with E-state index in [1.54, 1.807) is 6.07 Å². The Labute approximate surface area is 97.3 Å². The molecule has 2 aromatic rings. The number of nitrogens with one attached hydrogen (secondary N) is 3. The van der Waals surface area contributed by atoms with Crippen LogP contribution < -0.4 is 16.3 Å². The molecule has 0 spiro atoms. The summed E-state index contributed by atoms with van der Waals surface area (Å²) in [5.74, 6) is 1.40. The average Bonchev–Trinajstić information content (AvgIpc) is 2.97. The minimum atomic E-state index is -0.265. The molecule has 1 aliphatic rings. The van der Waals surface area contributed by atoms with E-state index in [0.717, 1.165) is 25.5 Å². The zero-order valence-corrected chi connectivity index (χ0v) is 9.31. The van der Waals surface area contributed by atoms with Crippen LogP contribution in [0.15, 0.2) is 17.2 Å². The van der Waals surface area contributed by atoms with Gasteiger partial charge in [-0.2, -0.15) is 5.10 Å². The quantitative estimate of drug-likeness (QED) is 0.662. The maximum atomic E-state index is 11.2. The number of aromatic nitrogens is 4. The number of rotatable bonds is 3. The topological polar surface area (TPSA) is 87.1 Å². The van der Waals surface area contributed by atoms with Gasteiger partial charge in [0.2, 0.25) is 0 Å². The molecular formula is C10H14N6O. The van der Waals surface area contributed by atoms with Crippen molar-refractivity contribution in [2.45, 2.75) is 6.42 Å². The van der Waals surface area contributed by atoms with Gasteiger partial charge in [0, 0.05) is 12.6 Å². The number of nitrogens with zero attached hydrogens (tertiary/aromatic N) is 3. The molecule has 0 aromatic carbocycles. The lowest BCUT2D eigenvalue weighted by Gasteiger charge is -2.10. The first-order valence-electron chi connectivity index (χ1n) is 5.70. The molecule has 3 N–H and O–H groups in total. The highest BCUT2D eigenvalue weighted by Gasteiger charge is 2.14. The Morgan fingerprint density at radius 3 is 3.35 bits per heavy atom. The first-order chi connectivity index (χ1) is 8.33. The van der Waals surface area contributed by atoms with Gasteiger partial charge in [-0.15, -0.1) is 0 Å². The molecule has 7 nitrogen and oxygen atoms in total. The summed E-state index contributed by atoms with van der Waals surface area (Å²) in [7, 11) is 0. The number of fused-ring (bicyclic) bond motifs is 1. The average molecular weight is 234 g/mol. The molecule has 90 valence electrons. The predicted octanol–water partition coefficient (Wildman–Crippen LogP) is -0.561. The van der Waals surface area contributed by atoms with Gasteiger partial charge in [-0.1, -0.05) is 0 Å². The molecule has 0 bridgehead atoms. The number of H-pyrrole nitrogens is 1. The summed E-state index contributed by atoms with van der Waals surface area (Å²) in [6.45, 7) is 3.04. The van der Waals surface area contributed by atoms with Gasteiger partial charge in [0.1, 0.15) is 12.1 Å². The Balaban J connectivity index is 1.74. The third-order valence-corrected chi connectivity index (χ3v) is 3.04. The van der Waals surface area contributed by atoms with Crippen molar-refractivity contribution in [3.63, 3.8) is 0 Å². The highest BCUT2D eigenvalue weighted by Crippen LogP contribution is 2.10. The third-order valence-electron chi connectivity index (χ3n) is 3.04. The summed E-state index contributed by atoms with van der Waals surface area (Å²) in [4.78, 5) is 15.4. The Morgan fingerprint density at radius 2 is 2.53 bits per heavy atom. The van der Waals surface area contributed by atoms with E-state index in [1.165, 1.54) is 17.1 Å². The zero-order valence-electron chi connectivity index (χ0n) is 9.31. The molecule has 0 amide bonds. The van der Waals surface area contributed by atoms with Crippen LogP contribution in [0.5, 0.6) is 0 Å².